The Bertz CT molecular complexity index is 936. The van der Waals surface area contributed by atoms with Crippen molar-refractivity contribution in [3.05, 3.63) is 35.9 Å². The zero-order chi connectivity index (χ0) is 22.0. The van der Waals surface area contributed by atoms with Crippen molar-refractivity contribution < 1.29 is 19.0 Å². The van der Waals surface area contributed by atoms with Crippen molar-refractivity contribution in [2.75, 3.05) is 6.54 Å². The second-order valence-corrected chi connectivity index (χ2v) is 8.53. The van der Waals surface area contributed by atoms with E-state index in [2.05, 4.69) is 15.0 Å². The first kappa shape index (κ1) is 21.3. The van der Waals surface area contributed by atoms with Gasteiger partial charge in [0.15, 0.2) is 5.75 Å². The fourth-order valence-corrected chi connectivity index (χ4v) is 4.54. The van der Waals surface area contributed by atoms with E-state index in [-0.39, 0.29) is 30.3 Å². The van der Waals surface area contributed by atoms with Crippen molar-refractivity contribution in [2.45, 2.75) is 71.6 Å². The van der Waals surface area contributed by atoms with Crippen LogP contribution in [-0.2, 0) is 4.74 Å². The molecule has 1 saturated carbocycles. The van der Waals surface area contributed by atoms with Crippen LogP contribution in [0.2, 0.25) is 0 Å². The number of pyridine rings is 1. The minimum Gasteiger partial charge on any atom is -0.474 e. The van der Waals surface area contributed by atoms with Crippen molar-refractivity contribution in [3.8, 4) is 17.5 Å². The molecule has 2 fully saturated rings. The van der Waals surface area contributed by atoms with Crippen LogP contribution in [0.4, 0.5) is 4.79 Å². The summed E-state index contributed by atoms with van der Waals surface area (Å²) in [5.41, 5.74) is 1.54. The van der Waals surface area contributed by atoms with Gasteiger partial charge >= 0.3 is 6.09 Å². The molecule has 0 aromatic carbocycles. The van der Waals surface area contributed by atoms with Crippen LogP contribution in [0, 0.1) is 19.8 Å². The van der Waals surface area contributed by atoms with Gasteiger partial charge in [0.2, 0.25) is 11.8 Å². The Labute approximate surface area is 183 Å². The standard InChI is InChI=1S/C23H30N4O4/c1-14(2)29-23(28)27-12-10-20(17-7-5-8-18(17)27)31-22-15(3)21(25-13-26-22)30-19-9-6-11-24-16(19)4/h6,9,11,13-14,17-18,20H,5,7-8,10,12H2,1-4H3. The maximum absolute atomic E-state index is 12.5. The maximum atomic E-state index is 12.5. The first-order valence-electron chi connectivity index (χ1n) is 11.0. The molecule has 1 amide bonds. The van der Waals surface area contributed by atoms with Crippen molar-refractivity contribution in [2.24, 2.45) is 5.92 Å². The maximum Gasteiger partial charge on any atom is 0.410 e. The molecule has 0 spiro atoms. The fourth-order valence-electron chi connectivity index (χ4n) is 4.54. The Hall–Kier alpha value is -2.90. The molecule has 4 rings (SSSR count). The highest BCUT2D eigenvalue weighted by Gasteiger charge is 2.45. The lowest BCUT2D eigenvalue weighted by atomic mass is 9.89. The summed E-state index contributed by atoms with van der Waals surface area (Å²) in [6.45, 7) is 8.17. The zero-order valence-electron chi connectivity index (χ0n) is 18.6. The van der Waals surface area contributed by atoms with Crippen LogP contribution < -0.4 is 9.47 Å². The lowest BCUT2D eigenvalue weighted by molar-refractivity contribution is -0.00143. The Kier molecular flexibility index (Phi) is 6.25. The highest BCUT2D eigenvalue weighted by atomic mass is 16.6. The smallest absolute Gasteiger partial charge is 0.410 e. The van der Waals surface area contributed by atoms with Gasteiger partial charge in [-0.3, -0.25) is 4.98 Å². The largest absolute Gasteiger partial charge is 0.474 e. The van der Waals surface area contributed by atoms with Crippen LogP contribution in [0.3, 0.4) is 0 Å². The Morgan fingerprint density at radius 3 is 2.71 bits per heavy atom. The number of hydrogen-bond acceptors (Lipinski definition) is 7. The number of carbonyl (C=O) groups is 1. The normalized spacial score (nSPS) is 22.9. The van der Waals surface area contributed by atoms with Gasteiger partial charge in [-0.05, 0) is 52.7 Å². The molecule has 2 aromatic heterocycles. The molecule has 0 radical (unpaired) electrons. The van der Waals surface area contributed by atoms with Gasteiger partial charge < -0.3 is 19.1 Å². The number of likely N-dealkylation sites (tertiary alicyclic amines) is 1. The SMILES string of the molecule is Cc1ncccc1Oc1ncnc(OC2CCN(C(=O)OC(C)C)C3CCCC23)c1C. The Morgan fingerprint density at radius 2 is 1.94 bits per heavy atom. The summed E-state index contributed by atoms with van der Waals surface area (Å²) >= 11 is 0. The third-order valence-electron chi connectivity index (χ3n) is 6.05. The molecule has 0 bridgehead atoms. The average Bonchev–Trinajstić information content (AvgIpc) is 3.22. The van der Waals surface area contributed by atoms with Gasteiger partial charge in [-0.15, -0.1) is 0 Å². The molecule has 2 aliphatic rings. The van der Waals surface area contributed by atoms with Crippen LogP contribution >= 0.6 is 0 Å². The number of rotatable bonds is 5. The molecule has 0 N–H and O–H groups in total. The molecule has 1 aliphatic heterocycles. The Morgan fingerprint density at radius 1 is 1.13 bits per heavy atom. The zero-order valence-corrected chi connectivity index (χ0v) is 18.6. The molecule has 1 aliphatic carbocycles. The number of nitrogens with zero attached hydrogens (tertiary/aromatic N) is 4. The van der Waals surface area contributed by atoms with Crippen LogP contribution in [0.25, 0.3) is 0 Å². The topological polar surface area (TPSA) is 86.7 Å². The van der Waals surface area contributed by atoms with Crippen molar-refractivity contribution in [3.63, 3.8) is 0 Å². The average molecular weight is 427 g/mol. The van der Waals surface area contributed by atoms with E-state index in [0.717, 1.165) is 36.9 Å². The van der Waals surface area contributed by atoms with Crippen molar-refractivity contribution in [1.82, 2.24) is 19.9 Å². The summed E-state index contributed by atoms with van der Waals surface area (Å²) in [5.74, 6) is 1.92. The molecule has 1 saturated heterocycles. The summed E-state index contributed by atoms with van der Waals surface area (Å²) in [4.78, 5) is 27.3. The third kappa shape index (κ3) is 4.57. The molecular weight excluding hydrogens is 396 g/mol. The summed E-state index contributed by atoms with van der Waals surface area (Å²) in [6, 6.07) is 3.84. The minimum absolute atomic E-state index is 0.00261. The second-order valence-electron chi connectivity index (χ2n) is 8.53. The lowest BCUT2D eigenvalue weighted by Gasteiger charge is -2.41. The number of piperidine rings is 1. The van der Waals surface area contributed by atoms with E-state index in [9.17, 15) is 4.79 Å². The minimum atomic E-state index is -0.217. The third-order valence-corrected chi connectivity index (χ3v) is 6.05. The number of aromatic nitrogens is 3. The van der Waals surface area contributed by atoms with Crippen LogP contribution in [0.1, 0.15) is 50.8 Å². The van der Waals surface area contributed by atoms with E-state index in [1.165, 1.54) is 6.33 Å². The first-order valence-corrected chi connectivity index (χ1v) is 11.0. The number of carbonyl (C=O) groups excluding carboxylic acids is 1. The van der Waals surface area contributed by atoms with Crippen molar-refractivity contribution in [1.29, 1.82) is 0 Å². The molecule has 2 aromatic rings. The number of amides is 1. The van der Waals surface area contributed by atoms with E-state index >= 15 is 0 Å². The number of hydrogen-bond donors (Lipinski definition) is 0. The number of fused-ring (bicyclic) bond motifs is 1. The van der Waals surface area contributed by atoms with Crippen LogP contribution in [-0.4, -0.2) is 50.7 Å². The predicted octanol–water partition coefficient (Wildman–Crippen LogP) is 4.45. The van der Waals surface area contributed by atoms with Crippen molar-refractivity contribution >= 4 is 6.09 Å². The monoisotopic (exact) mass is 426 g/mol. The summed E-state index contributed by atoms with van der Waals surface area (Å²) < 4.78 is 17.8. The molecule has 166 valence electrons. The van der Waals surface area contributed by atoms with E-state index in [4.69, 9.17) is 14.2 Å². The van der Waals surface area contributed by atoms with Gasteiger partial charge in [-0.2, -0.15) is 0 Å². The van der Waals surface area contributed by atoms with Gasteiger partial charge in [-0.25, -0.2) is 14.8 Å². The molecule has 3 atom stereocenters. The number of aryl methyl sites for hydroxylation is 1. The van der Waals surface area contributed by atoms with E-state index in [1.807, 2.05) is 44.7 Å². The quantitative estimate of drug-likeness (QED) is 0.698. The summed E-state index contributed by atoms with van der Waals surface area (Å²) in [7, 11) is 0. The highest BCUT2D eigenvalue weighted by molar-refractivity contribution is 5.68. The molecular formula is C23H30N4O4. The Balaban J connectivity index is 1.48. The molecule has 3 heterocycles. The lowest BCUT2D eigenvalue weighted by Crippen LogP contribution is -2.53. The van der Waals surface area contributed by atoms with E-state index < -0.39 is 0 Å². The van der Waals surface area contributed by atoms with Crippen LogP contribution in [0.5, 0.6) is 17.5 Å². The highest BCUT2D eigenvalue weighted by Crippen LogP contribution is 2.40. The first-order chi connectivity index (χ1) is 14.9. The van der Waals surface area contributed by atoms with E-state index in [1.54, 1.807) is 6.20 Å². The molecule has 3 unspecified atom stereocenters. The van der Waals surface area contributed by atoms with Gasteiger partial charge in [-0.1, -0.05) is 6.42 Å². The van der Waals surface area contributed by atoms with Gasteiger partial charge in [0.25, 0.3) is 0 Å². The molecule has 8 heteroatoms. The molecule has 8 nitrogen and oxygen atoms in total. The van der Waals surface area contributed by atoms with Crippen LogP contribution in [0.15, 0.2) is 24.7 Å². The van der Waals surface area contributed by atoms with Gasteiger partial charge in [0.05, 0.1) is 17.4 Å². The van der Waals surface area contributed by atoms with E-state index in [0.29, 0.717) is 24.1 Å². The molecule has 31 heavy (non-hydrogen) atoms. The van der Waals surface area contributed by atoms with Gasteiger partial charge in [0, 0.05) is 31.1 Å². The van der Waals surface area contributed by atoms with Gasteiger partial charge in [0.1, 0.15) is 12.4 Å². The fraction of sp³-hybridized carbons (Fsp3) is 0.565. The second kappa shape index (κ2) is 9.08. The summed E-state index contributed by atoms with van der Waals surface area (Å²) in [6.07, 6.45) is 6.69. The number of ether oxygens (including phenoxy) is 3. The summed E-state index contributed by atoms with van der Waals surface area (Å²) in [5, 5.41) is 0. The predicted molar refractivity (Wildman–Crippen MR) is 114 cm³/mol.